The van der Waals surface area contributed by atoms with Gasteiger partial charge in [-0.1, -0.05) is 45.7 Å². The molecule has 0 aliphatic carbocycles. The molecule has 0 amide bonds. The number of hydrogen-bond donors (Lipinski definition) is 0. The maximum atomic E-state index is 12.9. The van der Waals surface area contributed by atoms with Crippen LogP contribution in [0.15, 0.2) is 41.3 Å². The van der Waals surface area contributed by atoms with Crippen LogP contribution in [0.1, 0.15) is 79.1 Å². The van der Waals surface area contributed by atoms with Crippen LogP contribution in [0.25, 0.3) is 0 Å². The molecule has 3 rings (SSSR count). The van der Waals surface area contributed by atoms with Crippen molar-refractivity contribution in [1.29, 1.82) is 0 Å². The first-order chi connectivity index (χ1) is 15.0. The van der Waals surface area contributed by atoms with Crippen molar-refractivity contribution < 1.29 is 17.9 Å². The SMILES string of the molecule is Cc1cc(C(C)(C)C)cc(C)c1COC(=O)c1ccc(S(=O)(=O)N2CCCCCC2)cc1. The summed E-state index contributed by atoms with van der Waals surface area (Å²) in [6.45, 7) is 11.9. The largest absolute Gasteiger partial charge is 0.457 e. The van der Waals surface area contributed by atoms with Crippen LogP contribution in [0, 0.1) is 13.8 Å². The number of benzene rings is 2. The van der Waals surface area contributed by atoms with Crippen molar-refractivity contribution in [3.63, 3.8) is 0 Å². The van der Waals surface area contributed by atoms with Gasteiger partial charge in [0.05, 0.1) is 10.5 Å². The quantitative estimate of drug-likeness (QED) is 0.555. The smallest absolute Gasteiger partial charge is 0.338 e. The molecule has 2 aromatic carbocycles. The van der Waals surface area contributed by atoms with Crippen LogP contribution in [0.4, 0.5) is 0 Å². The topological polar surface area (TPSA) is 63.7 Å². The van der Waals surface area contributed by atoms with E-state index in [2.05, 4.69) is 32.9 Å². The molecule has 0 saturated carbocycles. The Bertz CT molecular complexity index is 1030. The summed E-state index contributed by atoms with van der Waals surface area (Å²) in [5, 5.41) is 0. The molecule has 0 bridgehead atoms. The molecule has 6 heteroatoms. The van der Waals surface area contributed by atoms with Crippen molar-refractivity contribution in [3.05, 3.63) is 64.2 Å². The van der Waals surface area contributed by atoms with E-state index in [-0.39, 0.29) is 16.9 Å². The standard InChI is InChI=1S/C26H35NO4S/c1-19-16-22(26(3,4)5)17-20(2)24(19)18-31-25(28)21-10-12-23(13-11-21)32(29,30)27-14-8-6-7-9-15-27/h10-13,16-17H,6-9,14-15,18H2,1-5H3. The Balaban J connectivity index is 1.69. The van der Waals surface area contributed by atoms with Crippen LogP contribution >= 0.6 is 0 Å². The number of carbonyl (C=O) groups excluding carboxylic acids is 1. The van der Waals surface area contributed by atoms with Crippen LogP contribution < -0.4 is 0 Å². The molecule has 5 nitrogen and oxygen atoms in total. The normalized spacial score (nSPS) is 15.9. The van der Waals surface area contributed by atoms with Crippen molar-refractivity contribution in [1.82, 2.24) is 4.31 Å². The molecular formula is C26H35NO4S. The number of ether oxygens (including phenoxy) is 1. The second-order valence-electron chi connectivity index (χ2n) is 9.76. The summed E-state index contributed by atoms with van der Waals surface area (Å²) in [4.78, 5) is 12.8. The van der Waals surface area contributed by atoms with Gasteiger partial charge in [-0.15, -0.1) is 0 Å². The van der Waals surface area contributed by atoms with E-state index in [1.54, 1.807) is 4.31 Å². The summed E-state index contributed by atoms with van der Waals surface area (Å²) < 4.78 is 32.9. The zero-order valence-corrected chi connectivity index (χ0v) is 20.7. The second-order valence-corrected chi connectivity index (χ2v) is 11.7. The highest BCUT2D eigenvalue weighted by molar-refractivity contribution is 7.89. The van der Waals surface area contributed by atoms with Crippen LogP contribution in [-0.4, -0.2) is 31.8 Å². The molecule has 1 aliphatic rings. The zero-order chi connectivity index (χ0) is 23.5. The van der Waals surface area contributed by atoms with Gasteiger partial charge in [0.1, 0.15) is 6.61 Å². The summed E-state index contributed by atoms with van der Waals surface area (Å²) >= 11 is 0. The fraction of sp³-hybridized carbons (Fsp3) is 0.500. The molecule has 1 aliphatic heterocycles. The highest BCUT2D eigenvalue weighted by Crippen LogP contribution is 2.27. The molecule has 1 heterocycles. The molecule has 1 saturated heterocycles. The summed E-state index contributed by atoms with van der Waals surface area (Å²) in [6, 6.07) is 10.4. The number of nitrogens with zero attached hydrogens (tertiary/aromatic N) is 1. The number of hydrogen-bond acceptors (Lipinski definition) is 4. The number of esters is 1. The lowest BCUT2D eigenvalue weighted by Gasteiger charge is -2.22. The molecule has 0 radical (unpaired) electrons. The predicted octanol–water partition coefficient (Wildman–Crippen LogP) is 5.52. The van der Waals surface area contributed by atoms with Gasteiger partial charge in [0, 0.05) is 13.1 Å². The monoisotopic (exact) mass is 457 g/mol. The van der Waals surface area contributed by atoms with Crippen molar-refractivity contribution in [2.24, 2.45) is 0 Å². The van der Waals surface area contributed by atoms with Crippen molar-refractivity contribution in [2.45, 2.75) is 77.2 Å². The minimum absolute atomic E-state index is 0.0557. The van der Waals surface area contributed by atoms with Gasteiger partial charge in [-0.05, 0) is 78.6 Å². The number of aryl methyl sites for hydroxylation is 2. The van der Waals surface area contributed by atoms with Crippen molar-refractivity contribution in [2.75, 3.05) is 13.1 Å². The van der Waals surface area contributed by atoms with E-state index >= 15 is 0 Å². The maximum Gasteiger partial charge on any atom is 0.338 e. The number of sulfonamides is 1. The average molecular weight is 458 g/mol. The van der Waals surface area contributed by atoms with Gasteiger partial charge in [0.15, 0.2) is 0 Å². The van der Waals surface area contributed by atoms with E-state index < -0.39 is 16.0 Å². The van der Waals surface area contributed by atoms with E-state index in [9.17, 15) is 13.2 Å². The highest BCUT2D eigenvalue weighted by atomic mass is 32.2. The maximum absolute atomic E-state index is 12.9. The van der Waals surface area contributed by atoms with Gasteiger partial charge in [0.25, 0.3) is 0 Å². The summed E-state index contributed by atoms with van der Waals surface area (Å²) in [5.41, 5.74) is 4.86. The van der Waals surface area contributed by atoms with E-state index in [0.717, 1.165) is 42.4 Å². The van der Waals surface area contributed by atoms with E-state index in [0.29, 0.717) is 18.7 Å². The average Bonchev–Trinajstić information content (AvgIpc) is 3.02. The van der Waals surface area contributed by atoms with Crippen LogP contribution in [0.2, 0.25) is 0 Å². The van der Waals surface area contributed by atoms with E-state index in [1.165, 1.54) is 29.8 Å². The Labute approximate surface area is 192 Å². The minimum Gasteiger partial charge on any atom is -0.457 e. The molecular weight excluding hydrogens is 422 g/mol. The summed E-state index contributed by atoms with van der Waals surface area (Å²) in [7, 11) is -3.53. The molecule has 0 unspecified atom stereocenters. The number of carbonyl (C=O) groups is 1. The van der Waals surface area contributed by atoms with Gasteiger partial charge in [-0.3, -0.25) is 0 Å². The Kier molecular flexibility index (Phi) is 7.46. The molecule has 0 aromatic heterocycles. The third-order valence-corrected chi connectivity index (χ3v) is 8.12. The molecule has 1 fully saturated rings. The highest BCUT2D eigenvalue weighted by Gasteiger charge is 2.25. The van der Waals surface area contributed by atoms with E-state index in [1.807, 2.05) is 13.8 Å². The molecule has 0 N–H and O–H groups in total. The third-order valence-electron chi connectivity index (χ3n) is 6.20. The molecule has 174 valence electrons. The van der Waals surface area contributed by atoms with Crippen LogP contribution in [-0.2, 0) is 26.8 Å². The molecule has 2 aromatic rings. The number of rotatable bonds is 5. The van der Waals surface area contributed by atoms with Gasteiger partial charge in [-0.25, -0.2) is 13.2 Å². The predicted molar refractivity (Wildman–Crippen MR) is 127 cm³/mol. The van der Waals surface area contributed by atoms with Crippen LogP contribution in [0.3, 0.4) is 0 Å². The van der Waals surface area contributed by atoms with Gasteiger partial charge < -0.3 is 4.74 Å². The van der Waals surface area contributed by atoms with Gasteiger partial charge in [-0.2, -0.15) is 4.31 Å². The first kappa shape index (κ1) is 24.5. The van der Waals surface area contributed by atoms with E-state index in [4.69, 9.17) is 4.74 Å². The molecule has 32 heavy (non-hydrogen) atoms. The summed E-state index contributed by atoms with van der Waals surface area (Å²) in [6.07, 6.45) is 3.90. The van der Waals surface area contributed by atoms with Gasteiger partial charge in [0.2, 0.25) is 10.0 Å². The Morgan fingerprint density at radius 1 is 0.938 bits per heavy atom. The Hall–Kier alpha value is -2.18. The fourth-order valence-electron chi connectivity index (χ4n) is 4.07. The van der Waals surface area contributed by atoms with Crippen molar-refractivity contribution in [3.8, 4) is 0 Å². The van der Waals surface area contributed by atoms with Gasteiger partial charge >= 0.3 is 5.97 Å². The molecule has 0 spiro atoms. The second kappa shape index (κ2) is 9.75. The Morgan fingerprint density at radius 2 is 1.47 bits per heavy atom. The first-order valence-corrected chi connectivity index (χ1v) is 12.8. The zero-order valence-electron chi connectivity index (χ0n) is 19.9. The lowest BCUT2D eigenvalue weighted by molar-refractivity contribution is 0.0471. The Morgan fingerprint density at radius 3 is 1.97 bits per heavy atom. The van der Waals surface area contributed by atoms with Crippen LogP contribution in [0.5, 0.6) is 0 Å². The lowest BCUT2D eigenvalue weighted by atomic mass is 9.84. The lowest BCUT2D eigenvalue weighted by Crippen LogP contribution is -2.31. The molecule has 0 atom stereocenters. The fourth-order valence-corrected chi connectivity index (χ4v) is 5.59. The first-order valence-electron chi connectivity index (χ1n) is 11.4. The third kappa shape index (κ3) is 5.59. The minimum atomic E-state index is -3.53. The summed E-state index contributed by atoms with van der Waals surface area (Å²) in [5.74, 6) is -0.456. The van der Waals surface area contributed by atoms with Crippen molar-refractivity contribution >= 4 is 16.0 Å².